The van der Waals surface area contributed by atoms with E-state index in [9.17, 15) is 19.8 Å². The van der Waals surface area contributed by atoms with Gasteiger partial charge in [0.25, 0.3) is 5.91 Å². The Labute approximate surface area is 195 Å². The number of rotatable bonds is 5. The molecule has 2 N–H and O–H groups in total. The molecule has 3 aromatic carbocycles. The number of benzene rings is 3. The van der Waals surface area contributed by atoms with E-state index in [0.717, 1.165) is 5.56 Å². The molecule has 0 spiro atoms. The molecule has 7 nitrogen and oxygen atoms in total. The molecule has 170 valence electrons. The van der Waals surface area contributed by atoms with E-state index in [4.69, 9.17) is 9.15 Å². The normalized spacial score (nSPS) is 15.9. The first-order chi connectivity index (χ1) is 16.4. The number of amides is 1. The van der Waals surface area contributed by atoms with Crippen molar-refractivity contribution in [3.05, 3.63) is 101 Å². The number of Topliss-reactive ketones (excluding diaryl/α,β-unsaturated/α-hetero) is 1. The predicted octanol–water partition coefficient (Wildman–Crippen LogP) is 5.24. The van der Waals surface area contributed by atoms with Gasteiger partial charge in [0.1, 0.15) is 5.75 Å². The number of para-hydroxylation sites is 1. The van der Waals surface area contributed by atoms with Crippen LogP contribution in [-0.4, -0.2) is 29.0 Å². The van der Waals surface area contributed by atoms with Crippen molar-refractivity contribution in [3.63, 3.8) is 0 Å². The second kappa shape index (κ2) is 8.12. The molecule has 1 aliphatic rings. The standard InChI is InChI=1S/C27H21NO6/c1-15-6-10-18(11-7-15)28-23(16-8-12-19(29)13-9-16)22(25(31)27(28)32)24(30)21-14-17-4-3-5-20(33-2)26(17)34-21/h3-14,23,29,31H,1-2H3. The third-order valence-electron chi connectivity index (χ3n) is 5.93. The second-order valence-electron chi connectivity index (χ2n) is 8.09. The zero-order chi connectivity index (χ0) is 24.0. The highest BCUT2D eigenvalue weighted by atomic mass is 16.5. The molecule has 1 unspecified atom stereocenters. The Morgan fingerprint density at radius 2 is 1.71 bits per heavy atom. The van der Waals surface area contributed by atoms with Crippen LogP contribution in [0.4, 0.5) is 5.69 Å². The maximum atomic E-state index is 13.7. The number of hydrogen-bond donors (Lipinski definition) is 2. The lowest BCUT2D eigenvalue weighted by Gasteiger charge is -2.27. The van der Waals surface area contributed by atoms with E-state index in [1.807, 2.05) is 19.1 Å². The Morgan fingerprint density at radius 3 is 2.38 bits per heavy atom. The van der Waals surface area contributed by atoms with Gasteiger partial charge >= 0.3 is 0 Å². The number of phenolic OH excluding ortho intramolecular Hbond substituents is 1. The van der Waals surface area contributed by atoms with Gasteiger partial charge in [-0.25, -0.2) is 0 Å². The molecule has 5 rings (SSSR count). The smallest absolute Gasteiger partial charge is 0.294 e. The van der Waals surface area contributed by atoms with E-state index in [2.05, 4.69) is 0 Å². The number of aliphatic hydroxyl groups is 1. The van der Waals surface area contributed by atoms with Crippen LogP contribution in [-0.2, 0) is 4.79 Å². The minimum absolute atomic E-state index is 0.0246. The number of carbonyl (C=O) groups excluding carboxylic acids is 2. The van der Waals surface area contributed by atoms with Crippen LogP contribution in [0.1, 0.15) is 27.7 Å². The fraction of sp³-hybridized carbons (Fsp3) is 0.111. The van der Waals surface area contributed by atoms with Crippen LogP contribution in [0.3, 0.4) is 0 Å². The number of aliphatic hydroxyl groups excluding tert-OH is 1. The zero-order valence-corrected chi connectivity index (χ0v) is 18.5. The van der Waals surface area contributed by atoms with Gasteiger partial charge in [0.15, 0.2) is 22.9 Å². The van der Waals surface area contributed by atoms with E-state index in [-0.39, 0.29) is 17.1 Å². The summed E-state index contributed by atoms with van der Waals surface area (Å²) in [7, 11) is 1.50. The van der Waals surface area contributed by atoms with Gasteiger partial charge in [0.05, 0.1) is 18.7 Å². The molecule has 0 radical (unpaired) electrons. The fourth-order valence-electron chi connectivity index (χ4n) is 4.22. The maximum Gasteiger partial charge on any atom is 0.294 e. The molecule has 7 heteroatoms. The van der Waals surface area contributed by atoms with Gasteiger partial charge < -0.3 is 19.4 Å². The quantitative estimate of drug-likeness (QED) is 0.399. The zero-order valence-electron chi connectivity index (χ0n) is 18.5. The highest BCUT2D eigenvalue weighted by Crippen LogP contribution is 2.43. The van der Waals surface area contributed by atoms with E-state index >= 15 is 0 Å². The SMILES string of the molecule is COc1cccc2cc(C(=O)C3=C(O)C(=O)N(c4ccc(C)cc4)C3c3ccc(O)cc3)oc12. The van der Waals surface area contributed by atoms with Crippen molar-refractivity contribution in [1.82, 2.24) is 0 Å². The van der Waals surface area contributed by atoms with Gasteiger partial charge in [-0.05, 0) is 48.9 Å². The van der Waals surface area contributed by atoms with E-state index in [1.165, 1.54) is 24.1 Å². The third kappa shape index (κ3) is 3.38. The van der Waals surface area contributed by atoms with Crippen LogP contribution in [0.25, 0.3) is 11.0 Å². The van der Waals surface area contributed by atoms with Gasteiger partial charge in [0.2, 0.25) is 5.78 Å². The molecule has 34 heavy (non-hydrogen) atoms. The Bertz CT molecular complexity index is 1450. The molecule has 0 saturated heterocycles. The summed E-state index contributed by atoms with van der Waals surface area (Å²) in [6, 6.07) is 19.3. The number of methoxy groups -OCH3 is 1. The van der Waals surface area contributed by atoms with Crippen molar-refractivity contribution in [2.45, 2.75) is 13.0 Å². The average molecular weight is 455 g/mol. The molecule has 0 saturated carbocycles. The number of anilines is 1. The topological polar surface area (TPSA) is 100 Å². The summed E-state index contributed by atoms with van der Waals surface area (Å²) >= 11 is 0. The van der Waals surface area contributed by atoms with Crippen molar-refractivity contribution >= 4 is 28.3 Å². The number of ketones is 1. The summed E-state index contributed by atoms with van der Waals surface area (Å²) in [5, 5.41) is 21.3. The number of fused-ring (bicyclic) bond motifs is 1. The third-order valence-corrected chi connectivity index (χ3v) is 5.93. The Balaban J connectivity index is 1.66. The molecule has 2 heterocycles. The molecule has 0 fully saturated rings. The lowest BCUT2D eigenvalue weighted by atomic mass is 9.94. The van der Waals surface area contributed by atoms with E-state index < -0.39 is 23.5 Å². The summed E-state index contributed by atoms with van der Waals surface area (Å²) in [5.41, 5.74) is 2.37. The van der Waals surface area contributed by atoms with Crippen LogP contribution in [0.5, 0.6) is 11.5 Å². The van der Waals surface area contributed by atoms with Gasteiger partial charge in [-0.1, -0.05) is 42.0 Å². The van der Waals surface area contributed by atoms with Crippen LogP contribution in [0.2, 0.25) is 0 Å². The van der Waals surface area contributed by atoms with E-state index in [1.54, 1.807) is 48.5 Å². The average Bonchev–Trinajstić information content (AvgIpc) is 3.39. The monoisotopic (exact) mass is 455 g/mol. The Morgan fingerprint density at radius 1 is 1.00 bits per heavy atom. The van der Waals surface area contributed by atoms with Gasteiger partial charge in [-0.3, -0.25) is 14.5 Å². The molecule has 1 aliphatic heterocycles. The van der Waals surface area contributed by atoms with Crippen molar-refractivity contribution in [2.24, 2.45) is 0 Å². The number of aromatic hydroxyl groups is 1. The highest BCUT2D eigenvalue weighted by Gasteiger charge is 2.45. The highest BCUT2D eigenvalue weighted by molar-refractivity contribution is 6.20. The first-order valence-corrected chi connectivity index (χ1v) is 10.6. The largest absolute Gasteiger partial charge is 0.508 e. The van der Waals surface area contributed by atoms with Crippen molar-refractivity contribution in [1.29, 1.82) is 0 Å². The van der Waals surface area contributed by atoms with Crippen molar-refractivity contribution in [2.75, 3.05) is 12.0 Å². The summed E-state index contributed by atoms with van der Waals surface area (Å²) in [6.07, 6.45) is 0. The van der Waals surface area contributed by atoms with Crippen LogP contribution < -0.4 is 9.64 Å². The number of carbonyl (C=O) groups is 2. The predicted molar refractivity (Wildman–Crippen MR) is 126 cm³/mol. The van der Waals surface area contributed by atoms with Crippen LogP contribution >= 0.6 is 0 Å². The molecular weight excluding hydrogens is 434 g/mol. The second-order valence-corrected chi connectivity index (χ2v) is 8.09. The molecule has 0 aliphatic carbocycles. The lowest BCUT2D eigenvalue weighted by Crippen LogP contribution is -2.31. The summed E-state index contributed by atoms with van der Waals surface area (Å²) in [4.78, 5) is 28.3. The first kappa shape index (κ1) is 21.3. The summed E-state index contributed by atoms with van der Waals surface area (Å²) in [6.45, 7) is 1.92. The van der Waals surface area contributed by atoms with Gasteiger partial charge in [-0.2, -0.15) is 0 Å². The number of hydrogen-bond acceptors (Lipinski definition) is 6. The van der Waals surface area contributed by atoms with Crippen molar-refractivity contribution in [3.8, 4) is 11.5 Å². The Hall–Kier alpha value is -4.52. The number of nitrogens with zero attached hydrogens (tertiary/aromatic N) is 1. The summed E-state index contributed by atoms with van der Waals surface area (Å²) in [5.74, 6) is -1.47. The number of phenols is 1. The molecule has 4 aromatic rings. The summed E-state index contributed by atoms with van der Waals surface area (Å²) < 4.78 is 11.1. The van der Waals surface area contributed by atoms with Gasteiger partial charge in [-0.15, -0.1) is 0 Å². The van der Waals surface area contributed by atoms with Crippen LogP contribution in [0.15, 0.2) is 88.5 Å². The Kier molecular flexibility index (Phi) is 5.09. The number of furan rings is 1. The van der Waals surface area contributed by atoms with Crippen LogP contribution in [0, 0.1) is 6.92 Å². The fourth-order valence-corrected chi connectivity index (χ4v) is 4.22. The minimum atomic E-state index is -0.918. The molecule has 1 aromatic heterocycles. The van der Waals surface area contributed by atoms with E-state index in [0.29, 0.717) is 28.0 Å². The molecule has 1 atom stereocenters. The molecule has 1 amide bonds. The number of ether oxygens (including phenoxy) is 1. The van der Waals surface area contributed by atoms with Crippen molar-refractivity contribution < 1.29 is 29.0 Å². The molecular formula is C27H21NO6. The minimum Gasteiger partial charge on any atom is -0.508 e. The first-order valence-electron chi connectivity index (χ1n) is 10.6. The van der Waals surface area contributed by atoms with Gasteiger partial charge in [0, 0.05) is 11.1 Å². The lowest BCUT2D eigenvalue weighted by molar-refractivity contribution is -0.117. The molecule has 0 bridgehead atoms. The maximum absolute atomic E-state index is 13.7. The number of aryl methyl sites for hydroxylation is 1.